The lowest BCUT2D eigenvalue weighted by atomic mass is 10.0. The van der Waals surface area contributed by atoms with Crippen LogP contribution in [0.5, 0.6) is 11.5 Å². The van der Waals surface area contributed by atoms with Gasteiger partial charge in [-0.15, -0.1) is 0 Å². The lowest BCUT2D eigenvalue weighted by Gasteiger charge is -2.35. The molecule has 2 nitrogen and oxygen atoms in total. The molecule has 0 atom stereocenters. The van der Waals surface area contributed by atoms with E-state index in [-0.39, 0.29) is 0 Å². The Bertz CT molecular complexity index is 913. The lowest BCUT2D eigenvalue weighted by Crippen LogP contribution is -2.18. The van der Waals surface area contributed by atoms with Crippen LogP contribution in [0.15, 0.2) is 48.5 Å². The van der Waals surface area contributed by atoms with E-state index < -0.39 is 0 Å². The number of anilines is 3. The summed E-state index contributed by atoms with van der Waals surface area (Å²) in [5, 5.41) is 0. The summed E-state index contributed by atoms with van der Waals surface area (Å²) in [5.41, 5.74) is 9.67. The highest BCUT2D eigenvalue weighted by atomic mass is 16.5. The third-order valence-electron chi connectivity index (χ3n) is 4.79. The monoisotopic (exact) mass is 329 g/mol. The van der Waals surface area contributed by atoms with E-state index in [9.17, 15) is 0 Å². The van der Waals surface area contributed by atoms with Crippen LogP contribution in [-0.4, -0.2) is 0 Å². The summed E-state index contributed by atoms with van der Waals surface area (Å²) in [4.78, 5) is 2.34. The predicted octanol–water partition coefficient (Wildman–Crippen LogP) is 6.80. The van der Waals surface area contributed by atoms with Crippen LogP contribution in [0.1, 0.15) is 27.8 Å². The van der Waals surface area contributed by atoms with Crippen molar-refractivity contribution in [3.63, 3.8) is 0 Å². The second kappa shape index (κ2) is 5.66. The average Bonchev–Trinajstić information content (AvgIpc) is 2.52. The molecule has 0 bridgehead atoms. The normalized spacial score (nSPS) is 12.4. The standard InChI is InChI=1S/C23H23NO/c1-14-6-8-19-21(12-14)25-22-13-15(2)7-9-20(22)24(19)23-17(4)10-16(3)11-18(23)5/h6-13H,1-5H3. The first-order chi connectivity index (χ1) is 11.9. The van der Waals surface area contributed by atoms with Crippen molar-refractivity contribution >= 4 is 17.1 Å². The Morgan fingerprint density at radius 3 is 1.56 bits per heavy atom. The van der Waals surface area contributed by atoms with Crippen LogP contribution in [0.2, 0.25) is 0 Å². The molecule has 0 amide bonds. The Balaban J connectivity index is 2.03. The van der Waals surface area contributed by atoms with Crippen LogP contribution in [0.4, 0.5) is 17.1 Å². The Morgan fingerprint density at radius 1 is 0.600 bits per heavy atom. The fourth-order valence-electron chi connectivity index (χ4n) is 3.79. The zero-order valence-electron chi connectivity index (χ0n) is 15.5. The van der Waals surface area contributed by atoms with Gasteiger partial charge in [0.15, 0.2) is 11.5 Å². The number of rotatable bonds is 1. The molecule has 126 valence electrons. The van der Waals surface area contributed by atoms with Crippen molar-refractivity contribution in [2.45, 2.75) is 34.6 Å². The first-order valence-electron chi connectivity index (χ1n) is 8.71. The van der Waals surface area contributed by atoms with Crippen molar-refractivity contribution in [2.24, 2.45) is 0 Å². The summed E-state index contributed by atoms with van der Waals surface area (Å²) in [6.45, 7) is 10.7. The van der Waals surface area contributed by atoms with Crippen LogP contribution < -0.4 is 9.64 Å². The lowest BCUT2D eigenvalue weighted by molar-refractivity contribution is 0.476. The second-order valence-electron chi connectivity index (χ2n) is 7.13. The number of aryl methyl sites for hydroxylation is 5. The minimum Gasteiger partial charge on any atom is -0.453 e. The molecule has 0 fully saturated rings. The van der Waals surface area contributed by atoms with Gasteiger partial charge in [0.05, 0.1) is 17.1 Å². The van der Waals surface area contributed by atoms with Crippen molar-refractivity contribution in [1.82, 2.24) is 0 Å². The van der Waals surface area contributed by atoms with Gasteiger partial charge in [-0.1, -0.05) is 29.8 Å². The molecule has 0 aromatic heterocycles. The van der Waals surface area contributed by atoms with Crippen molar-refractivity contribution in [2.75, 3.05) is 4.90 Å². The first-order valence-corrected chi connectivity index (χ1v) is 8.71. The molecular formula is C23H23NO. The van der Waals surface area contributed by atoms with Crippen LogP contribution in [0, 0.1) is 34.6 Å². The molecule has 0 spiro atoms. The third-order valence-corrected chi connectivity index (χ3v) is 4.79. The highest BCUT2D eigenvalue weighted by Crippen LogP contribution is 2.52. The van der Waals surface area contributed by atoms with Crippen molar-refractivity contribution < 1.29 is 4.74 Å². The number of fused-ring (bicyclic) bond motifs is 2. The predicted molar refractivity (Wildman–Crippen MR) is 105 cm³/mol. The molecule has 4 rings (SSSR count). The van der Waals surface area contributed by atoms with Crippen LogP contribution in [0.3, 0.4) is 0 Å². The summed E-state index contributed by atoms with van der Waals surface area (Å²) in [5.74, 6) is 1.83. The molecule has 25 heavy (non-hydrogen) atoms. The zero-order valence-corrected chi connectivity index (χ0v) is 15.5. The molecule has 0 aliphatic carbocycles. The van der Waals surface area contributed by atoms with E-state index in [0.717, 1.165) is 22.9 Å². The Morgan fingerprint density at radius 2 is 1.08 bits per heavy atom. The maximum Gasteiger partial charge on any atom is 0.151 e. The van der Waals surface area contributed by atoms with E-state index in [1.54, 1.807) is 0 Å². The maximum atomic E-state index is 6.25. The molecule has 0 saturated heterocycles. The minimum atomic E-state index is 0.914. The number of hydrogen-bond donors (Lipinski definition) is 0. The van der Waals surface area contributed by atoms with Gasteiger partial charge in [-0.2, -0.15) is 0 Å². The third kappa shape index (κ3) is 2.58. The molecule has 1 aliphatic heterocycles. The summed E-state index contributed by atoms with van der Waals surface area (Å²) >= 11 is 0. The molecule has 0 N–H and O–H groups in total. The Labute approximate surface area is 149 Å². The minimum absolute atomic E-state index is 0.914. The van der Waals surface area contributed by atoms with E-state index in [1.807, 2.05) is 0 Å². The molecule has 0 saturated carbocycles. The summed E-state index contributed by atoms with van der Waals surface area (Å²) in [6.07, 6.45) is 0. The van der Waals surface area contributed by atoms with Crippen LogP contribution in [-0.2, 0) is 0 Å². The Hall–Kier alpha value is -2.74. The first kappa shape index (κ1) is 15.8. The van der Waals surface area contributed by atoms with Gasteiger partial charge >= 0.3 is 0 Å². The van der Waals surface area contributed by atoms with Crippen molar-refractivity contribution in [3.8, 4) is 11.5 Å². The van der Waals surface area contributed by atoms with Gasteiger partial charge in [-0.3, -0.25) is 0 Å². The molecule has 1 heterocycles. The van der Waals surface area contributed by atoms with Crippen LogP contribution >= 0.6 is 0 Å². The van der Waals surface area contributed by atoms with E-state index >= 15 is 0 Å². The Kier molecular flexibility index (Phi) is 3.57. The molecule has 0 radical (unpaired) electrons. The van der Waals surface area contributed by atoms with E-state index in [0.29, 0.717) is 0 Å². The zero-order chi connectivity index (χ0) is 17.7. The average molecular weight is 329 g/mol. The van der Waals surface area contributed by atoms with Gasteiger partial charge in [0.2, 0.25) is 0 Å². The van der Waals surface area contributed by atoms with Crippen molar-refractivity contribution in [1.29, 1.82) is 0 Å². The quantitative estimate of drug-likeness (QED) is 0.380. The largest absolute Gasteiger partial charge is 0.453 e. The molecule has 3 aromatic carbocycles. The van der Waals surface area contributed by atoms with Gasteiger partial charge in [-0.05, 0) is 81.1 Å². The van der Waals surface area contributed by atoms with Gasteiger partial charge in [0.25, 0.3) is 0 Å². The van der Waals surface area contributed by atoms with Gasteiger partial charge in [0, 0.05) is 0 Å². The number of ether oxygens (including phenoxy) is 1. The fourth-order valence-corrected chi connectivity index (χ4v) is 3.79. The van der Waals surface area contributed by atoms with Crippen LogP contribution in [0.25, 0.3) is 0 Å². The molecule has 3 aromatic rings. The molecular weight excluding hydrogens is 306 g/mol. The van der Waals surface area contributed by atoms with Gasteiger partial charge in [-0.25, -0.2) is 0 Å². The molecule has 1 aliphatic rings. The van der Waals surface area contributed by atoms with Gasteiger partial charge in [0.1, 0.15) is 0 Å². The summed E-state index contributed by atoms with van der Waals surface area (Å²) < 4.78 is 6.25. The van der Waals surface area contributed by atoms with E-state index in [1.165, 1.54) is 33.5 Å². The summed E-state index contributed by atoms with van der Waals surface area (Å²) in [6, 6.07) is 17.3. The molecule has 2 heteroatoms. The topological polar surface area (TPSA) is 12.5 Å². The van der Waals surface area contributed by atoms with Gasteiger partial charge < -0.3 is 9.64 Å². The number of hydrogen-bond acceptors (Lipinski definition) is 2. The number of nitrogens with zero attached hydrogens (tertiary/aromatic N) is 1. The van der Waals surface area contributed by atoms with E-state index in [4.69, 9.17) is 4.74 Å². The fraction of sp³-hybridized carbons (Fsp3) is 0.217. The summed E-state index contributed by atoms with van der Waals surface area (Å²) in [7, 11) is 0. The molecule has 0 unspecified atom stereocenters. The second-order valence-corrected chi connectivity index (χ2v) is 7.13. The highest BCUT2D eigenvalue weighted by Gasteiger charge is 2.27. The highest BCUT2D eigenvalue weighted by molar-refractivity contribution is 5.88. The number of benzene rings is 3. The maximum absolute atomic E-state index is 6.25. The van der Waals surface area contributed by atoms with Crippen molar-refractivity contribution in [3.05, 3.63) is 76.3 Å². The smallest absolute Gasteiger partial charge is 0.151 e. The SMILES string of the molecule is Cc1cc(C)c(N2c3ccc(C)cc3Oc3cc(C)ccc32)c(C)c1. The van der Waals surface area contributed by atoms with E-state index in [2.05, 4.69) is 88.0 Å².